The topological polar surface area (TPSA) is 61.8 Å². The lowest BCUT2D eigenvalue weighted by molar-refractivity contribution is -0.163. The zero-order valence-electron chi connectivity index (χ0n) is 38.8. The zero-order valence-corrected chi connectivity index (χ0v) is 38.8. The van der Waals surface area contributed by atoms with Gasteiger partial charge >= 0.3 is 11.9 Å². The number of hydrogen-bond acceptors (Lipinski definition) is 5. The Morgan fingerprint density at radius 2 is 0.776 bits per heavy atom. The van der Waals surface area contributed by atoms with E-state index in [-0.39, 0.29) is 25.2 Å². The Morgan fingerprint density at radius 1 is 0.397 bits per heavy atom. The molecule has 0 saturated carbocycles. The fourth-order valence-corrected chi connectivity index (χ4v) is 7.11. The minimum atomic E-state index is -0.547. The highest BCUT2D eigenvalue weighted by Crippen LogP contribution is 2.14. The minimum Gasteiger partial charge on any atom is -0.462 e. The molecule has 0 aliphatic heterocycles. The molecule has 5 nitrogen and oxygen atoms in total. The zero-order chi connectivity index (χ0) is 42.1. The highest BCUT2D eigenvalue weighted by atomic mass is 16.6. The highest BCUT2D eigenvalue weighted by molar-refractivity contribution is 5.70. The predicted molar refractivity (Wildman–Crippen MR) is 251 cm³/mol. The molecule has 1 unspecified atom stereocenters. The minimum absolute atomic E-state index is 0.0751. The molecular weight excluding hydrogens is 717 g/mol. The summed E-state index contributed by atoms with van der Waals surface area (Å²) in [5.74, 6) is -0.425. The number of rotatable bonds is 46. The molecule has 0 radical (unpaired) electrons. The Balaban J connectivity index is 4.20. The molecule has 0 bridgehead atoms. The molecule has 58 heavy (non-hydrogen) atoms. The van der Waals surface area contributed by atoms with Crippen LogP contribution in [0.3, 0.4) is 0 Å². The van der Waals surface area contributed by atoms with Gasteiger partial charge in [-0.2, -0.15) is 0 Å². The Hall–Kier alpha value is -2.14. The van der Waals surface area contributed by atoms with Crippen LogP contribution in [0.1, 0.15) is 252 Å². The van der Waals surface area contributed by atoms with Gasteiger partial charge in [-0.15, -0.1) is 0 Å². The van der Waals surface area contributed by atoms with Gasteiger partial charge in [0.05, 0.1) is 6.61 Å². The standard InChI is InChI=1S/C53H96O5/c1-4-7-10-13-16-19-22-24-25-26-27-28-29-31-32-34-37-40-43-46-52(54)57-50-51(49-56-48-45-42-39-36-21-18-15-12-9-6-3)58-53(55)47-44-41-38-35-33-30-23-20-17-14-11-8-5-2/h8,11,17,20,24-25,30,33,51H,4-7,9-10,12-16,18-19,21-23,26-29,31-32,34-50H2,1-3H3/b11-8-,20-17-,25-24-,33-30-. The number of carbonyl (C=O) groups is 2. The first-order chi connectivity index (χ1) is 28.6. The van der Waals surface area contributed by atoms with Gasteiger partial charge in [0, 0.05) is 19.4 Å². The molecule has 0 aromatic carbocycles. The SMILES string of the molecule is CC/C=C\C/C=C\C/C=C\CCCCCC(=O)OC(COCCCCCCCCCCCC)COC(=O)CCCCCCCCCCC/C=C\CCCCCCCC. The van der Waals surface area contributed by atoms with Gasteiger partial charge in [-0.3, -0.25) is 9.59 Å². The van der Waals surface area contributed by atoms with E-state index in [0.717, 1.165) is 70.6 Å². The largest absolute Gasteiger partial charge is 0.462 e. The van der Waals surface area contributed by atoms with Crippen molar-refractivity contribution in [2.45, 2.75) is 258 Å². The number of unbranched alkanes of at least 4 members (excludes halogenated alkanes) is 27. The third-order valence-corrected chi connectivity index (χ3v) is 10.8. The smallest absolute Gasteiger partial charge is 0.306 e. The Kier molecular flexibility index (Phi) is 47.4. The van der Waals surface area contributed by atoms with Crippen LogP contribution in [0.5, 0.6) is 0 Å². The third kappa shape index (κ3) is 46.5. The van der Waals surface area contributed by atoms with Gasteiger partial charge in [0.2, 0.25) is 0 Å². The van der Waals surface area contributed by atoms with E-state index in [1.54, 1.807) is 0 Å². The second-order valence-electron chi connectivity index (χ2n) is 16.7. The van der Waals surface area contributed by atoms with Crippen LogP contribution < -0.4 is 0 Å². The Bertz CT molecular complexity index is 966. The van der Waals surface area contributed by atoms with E-state index in [9.17, 15) is 9.59 Å². The Labute approximate surface area is 361 Å². The van der Waals surface area contributed by atoms with E-state index >= 15 is 0 Å². The molecule has 0 N–H and O–H groups in total. The molecule has 5 heteroatoms. The van der Waals surface area contributed by atoms with Crippen LogP contribution in [0.25, 0.3) is 0 Å². The van der Waals surface area contributed by atoms with Gasteiger partial charge in [0.25, 0.3) is 0 Å². The second-order valence-corrected chi connectivity index (χ2v) is 16.7. The van der Waals surface area contributed by atoms with Crippen molar-refractivity contribution in [2.75, 3.05) is 19.8 Å². The van der Waals surface area contributed by atoms with Crippen LogP contribution in [-0.2, 0) is 23.8 Å². The molecule has 338 valence electrons. The van der Waals surface area contributed by atoms with Gasteiger partial charge < -0.3 is 14.2 Å². The van der Waals surface area contributed by atoms with Crippen molar-refractivity contribution in [1.29, 1.82) is 0 Å². The van der Waals surface area contributed by atoms with Gasteiger partial charge in [-0.1, -0.05) is 211 Å². The summed E-state index contributed by atoms with van der Waals surface area (Å²) in [5, 5.41) is 0. The Morgan fingerprint density at radius 3 is 1.28 bits per heavy atom. The summed E-state index contributed by atoms with van der Waals surface area (Å²) in [4.78, 5) is 25.3. The molecular formula is C53H96O5. The maximum Gasteiger partial charge on any atom is 0.306 e. The normalized spacial score (nSPS) is 12.5. The van der Waals surface area contributed by atoms with Crippen molar-refractivity contribution in [3.63, 3.8) is 0 Å². The monoisotopic (exact) mass is 813 g/mol. The number of hydrogen-bond donors (Lipinski definition) is 0. The van der Waals surface area contributed by atoms with Gasteiger partial charge in [0.1, 0.15) is 6.61 Å². The number of ether oxygens (including phenoxy) is 3. The lowest BCUT2D eigenvalue weighted by Crippen LogP contribution is -2.30. The van der Waals surface area contributed by atoms with Crippen molar-refractivity contribution in [2.24, 2.45) is 0 Å². The molecule has 0 aromatic rings. The molecule has 0 fully saturated rings. The summed E-state index contributed by atoms with van der Waals surface area (Å²) in [6, 6.07) is 0. The van der Waals surface area contributed by atoms with Crippen molar-refractivity contribution in [3.8, 4) is 0 Å². The summed E-state index contributed by atoms with van der Waals surface area (Å²) in [6.07, 6.45) is 59.8. The summed E-state index contributed by atoms with van der Waals surface area (Å²) in [7, 11) is 0. The summed E-state index contributed by atoms with van der Waals surface area (Å²) in [5.41, 5.74) is 0. The molecule has 0 heterocycles. The molecule has 1 atom stereocenters. The van der Waals surface area contributed by atoms with E-state index < -0.39 is 6.10 Å². The van der Waals surface area contributed by atoms with E-state index in [4.69, 9.17) is 14.2 Å². The number of carbonyl (C=O) groups excluding carboxylic acids is 2. The van der Waals surface area contributed by atoms with Crippen molar-refractivity contribution >= 4 is 11.9 Å². The van der Waals surface area contributed by atoms with E-state index in [1.165, 1.54) is 148 Å². The van der Waals surface area contributed by atoms with Gasteiger partial charge in [-0.25, -0.2) is 0 Å². The third-order valence-electron chi connectivity index (χ3n) is 10.8. The predicted octanol–water partition coefficient (Wildman–Crippen LogP) is 16.8. The lowest BCUT2D eigenvalue weighted by Gasteiger charge is -2.18. The average molecular weight is 813 g/mol. The molecule has 0 amide bonds. The molecule has 0 spiro atoms. The first-order valence-electron chi connectivity index (χ1n) is 25.2. The van der Waals surface area contributed by atoms with Crippen LogP contribution in [0.2, 0.25) is 0 Å². The maximum atomic E-state index is 12.7. The van der Waals surface area contributed by atoms with Crippen LogP contribution in [-0.4, -0.2) is 37.9 Å². The molecule has 0 aromatic heterocycles. The van der Waals surface area contributed by atoms with E-state index in [0.29, 0.717) is 19.4 Å². The van der Waals surface area contributed by atoms with Crippen LogP contribution in [0.4, 0.5) is 0 Å². The van der Waals surface area contributed by atoms with Crippen molar-refractivity contribution in [3.05, 3.63) is 48.6 Å². The van der Waals surface area contributed by atoms with Crippen LogP contribution in [0.15, 0.2) is 48.6 Å². The summed E-state index contributed by atoms with van der Waals surface area (Å²) < 4.78 is 17.3. The number of allylic oxidation sites excluding steroid dienone is 8. The van der Waals surface area contributed by atoms with Crippen LogP contribution in [0, 0.1) is 0 Å². The van der Waals surface area contributed by atoms with E-state index in [1.807, 2.05) is 0 Å². The molecule has 0 rings (SSSR count). The lowest BCUT2D eigenvalue weighted by atomic mass is 10.1. The maximum absolute atomic E-state index is 12.7. The second kappa shape index (κ2) is 49.2. The molecule has 0 aliphatic carbocycles. The number of esters is 2. The van der Waals surface area contributed by atoms with Crippen molar-refractivity contribution in [1.82, 2.24) is 0 Å². The fourth-order valence-electron chi connectivity index (χ4n) is 7.11. The molecule has 0 saturated heterocycles. The molecule has 0 aliphatic rings. The van der Waals surface area contributed by atoms with Gasteiger partial charge in [0.15, 0.2) is 6.10 Å². The quantitative estimate of drug-likeness (QED) is 0.0348. The van der Waals surface area contributed by atoms with Gasteiger partial charge in [-0.05, 0) is 77.0 Å². The van der Waals surface area contributed by atoms with Crippen LogP contribution >= 0.6 is 0 Å². The summed E-state index contributed by atoms with van der Waals surface area (Å²) in [6.45, 7) is 7.70. The summed E-state index contributed by atoms with van der Waals surface area (Å²) >= 11 is 0. The first-order valence-corrected chi connectivity index (χ1v) is 25.2. The fraction of sp³-hybridized carbons (Fsp3) is 0.811. The van der Waals surface area contributed by atoms with Crippen molar-refractivity contribution < 1.29 is 23.8 Å². The highest BCUT2D eigenvalue weighted by Gasteiger charge is 2.17. The average Bonchev–Trinajstić information content (AvgIpc) is 3.22. The first kappa shape index (κ1) is 55.9. The van der Waals surface area contributed by atoms with E-state index in [2.05, 4.69) is 69.4 Å².